The Labute approximate surface area is 115 Å². The molecule has 1 amide bonds. The van der Waals surface area contributed by atoms with Crippen LogP contribution in [0.15, 0.2) is 6.20 Å². The van der Waals surface area contributed by atoms with Gasteiger partial charge in [0.15, 0.2) is 5.13 Å². The Morgan fingerprint density at radius 1 is 1.47 bits per heavy atom. The average molecular weight is 283 g/mol. The summed E-state index contributed by atoms with van der Waals surface area (Å²) in [6, 6.07) is 0. The molecule has 7 heteroatoms. The molecule has 19 heavy (non-hydrogen) atoms. The van der Waals surface area contributed by atoms with Gasteiger partial charge in [-0.05, 0) is 6.42 Å². The van der Waals surface area contributed by atoms with Crippen LogP contribution in [-0.4, -0.2) is 43.0 Å². The van der Waals surface area contributed by atoms with Crippen molar-refractivity contribution in [3.05, 3.63) is 6.20 Å². The SMILES string of the molecule is CCCC(=O)C(=O)Nc1ncc(N2CCOCC2)s1. The van der Waals surface area contributed by atoms with Crippen LogP contribution in [0.4, 0.5) is 10.1 Å². The number of nitrogens with zero attached hydrogens (tertiary/aromatic N) is 2. The Bertz CT molecular complexity index is 455. The molecule has 1 aromatic heterocycles. The van der Waals surface area contributed by atoms with Gasteiger partial charge in [-0.2, -0.15) is 0 Å². The summed E-state index contributed by atoms with van der Waals surface area (Å²) in [6.07, 6.45) is 2.66. The van der Waals surface area contributed by atoms with Crippen LogP contribution >= 0.6 is 11.3 Å². The summed E-state index contributed by atoms with van der Waals surface area (Å²) in [7, 11) is 0. The van der Waals surface area contributed by atoms with E-state index < -0.39 is 11.7 Å². The van der Waals surface area contributed by atoms with Gasteiger partial charge in [0.2, 0.25) is 5.78 Å². The highest BCUT2D eigenvalue weighted by molar-refractivity contribution is 7.19. The van der Waals surface area contributed by atoms with E-state index in [1.165, 1.54) is 11.3 Å². The lowest BCUT2D eigenvalue weighted by atomic mass is 10.2. The third-order valence-corrected chi connectivity index (χ3v) is 3.74. The summed E-state index contributed by atoms with van der Waals surface area (Å²) < 4.78 is 5.28. The van der Waals surface area contributed by atoms with Crippen LogP contribution in [0.3, 0.4) is 0 Å². The fourth-order valence-electron chi connectivity index (χ4n) is 1.76. The zero-order valence-electron chi connectivity index (χ0n) is 10.8. The highest BCUT2D eigenvalue weighted by Crippen LogP contribution is 2.27. The molecule has 1 aliphatic heterocycles. The Morgan fingerprint density at radius 2 is 2.21 bits per heavy atom. The van der Waals surface area contributed by atoms with Crippen molar-refractivity contribution in [2.24, 2.45) is 0 Å². The third kappa shape index (κ3) is 3.74. The predicted octanol–water partition coefficient (Wildman–Crippen LogP) is 1.29. The molecule has 0 bridgehead atoms. The summed E-state index contributed by atoms with van der Waals surface area (Å²) in [6.45, 7) is 4.92. The second kappa shape index (κ2) is 6.63. The molecule has 6 nitrogen and oxygen atoms in total. The van der Waals surface area contributed by atoms with Crippen LogP contribution in [-0.2, 0) is 14.3 Å². The van der Waals surface area contributed by atoms with Crippen molar-refractivity contribution in [1.29, 1.82) is 0 Å². The number of Topliss-reactive ketones (excluding diaryl/α,β-unsaturated/α-hetero) is 1. The second-order valence-corrected chi connectivity index (χ2v) is 5.24. The number of thiazole rings is 1. The van der Waals surface area contributed by atoms with Crippen LogP contribution in [0, 0.1) is 0 Å². The molecule has 0 atom stereocenters. The van der Waals surface area contributed by atoms with Gasteiger partial charge in [-0.1, -0.05) is 18.3 Å². The van der Waals surface area contributed by atoms with Gasteiger partial charge >= 0.3 is 0 Å². The summed E-state index contributed by atoms with van der Waals surface area (Å²) in [5, 5.41) is 4.00. The minimum atomic E-state index is -0.579. The molecule has 2 rings (SSSR count). The van der Waals surface area contributed by atoms with Gasteiger partial charge in [0.1, 0.15) is 5.00 Å². The Morgan fingerprint density at radius 3 is 2.89 bits per heavy atom. The monoisotopic (exact) mass is 283 g/mol. The van der Waals surface area contributed by atoms with Crippen LogP contribution < -0.4 is 10.2 Å². The topological polar surface area (TPSA) is 71.5 Å². The summed E-state index contributed by atoms with van der Waals surface area (Å²) in [5.74, 6) is -0.977. The van der Waals surface area contributed by atoms with Crippen LogP contribution in [0.25, 0.3) is 0 Å². The zero-order valence-corrected chi connectivity index (χ0v) is 11.7. The Balaban J connectivity index is 1.93. The Kier molecular flexibility index (Phi) is 4.86. The predicted molar refractivity (Wildman–Crippen MR) is 73.7 cm³/mol. The summed E-state index contributed by atoms with van der Waals surface area (Å²) in [5.41, 5.74) is 0. The van der Waals surface area contributed by atoms with Gasteiger partial charge in [0, 0.05) is 19.5 Å². The van der Waals surface area contributed by atoms with Crippen LogP contribution in [0.5, 0.6) is 0 Å². The molecule has 0 spiro atoms. The number of hydrogen-bond acceptors (Lipinski definition) is 6. The number of rotatable bonds is 5. The molecule has 0 aromatic carbocycles. The number of morpholine rings is 1. The van der Waals surface area contributed by atoms with Gasteiger partial charge < -0.3 is 9.64 Å². The van der Waals surface area contributed by atoms with Gasteiger partial charge in [0.05, 0.1) is 19.4 Å². The van der Waals surface area contributed by atoms with Crippen molar-refractivity contribution < 1.29 is 14.3 Å². The van der Waals surface area contributed by atoms with Gasteiger partial charge in [0.25, 0.3) is 5.91 Å². The quantitative estimate of drug-likeness (QED) is 0.824. The number of nitrogens with one attached hydrogen (secondary N) is 1. The van der Waals surface area contributed by atoms with E-state index >= 15 is 0 Å². The van der Waals surface area contributed by atoms with E-state index in [1.54, 1.807) is 6.20 Å². The van der Waals surface area contributed by atoms with Crippen molar-refractivity contribution in [2.45, 2.75) is 19.8 Å². The van der Waals surface area contributed by atoms with E-state index in [1.807, 2.05) is 6.92 Å². The minimum Gasteiger partial charge on any atom is -0.378 e. The van der Waals surface area contributed by atoms with Crippen molar-refractivity contribution in [2.75, 3.05) is 36.5 Å². The fourth-order valence-corrected chi connectivity index (χ4v) is 2.63. The van der Waals surface area contributed by atoms with Crippen molar-refractivity contribution in [3.8, 4) is 0 Å². The fraction of sp³-hybridized carbons (Fsp3) is 0.583. The first kappa shape index (κ1) is 14.0. The molecule has 0 unspecified atom stereocenters. The van der Waals surface area contributed by atoms with E-state index in [-0.39, 0.29) is 6.42 Å². The maximum absolute atomic E-state index is 11.6. The smallest absolute Gasteiger partial charge is 0.293 e. The lowest BCUT2D eigenvalue weighted by Gasteiger charge is -2.26. The molecule has 0 radical (unpaired) electrons. The number of aromatic nitrogens is 1. The van der Waals surface area contributed by atoms with Crippen molar-refractivity contribution in [3.63, 3.8) is 0 Å². The second-order valence-electron chi connectivity index (χ2n) is 4.23. The number of carbonyl (C=O) groups is 2. The van der Waals surface area contributed by atoms with Crippen molar-refractivity contribution >= 4 is 33.2 Å². The number of ether oxygens (including phenoxy) is 1. The molecule has 0 aliphatic carbocycles. The highest BCUT2D eigenvalue weighted by Gasteiger charge is 2.17. The maximum Gasteiger partial charge on any atom is 0.293 e. The van der Waals surface area contributed by atoms with Gasteiger partial charge in [-0.25, -0.2) is 4.98 Å². The maximum atomic E-state index is 11.6. The molecule has 1 aromatic rings. The minimum absolute atomic E-state index is 0.271. The normalized spacial score (nSPS) is 15.3. The molecule has 0 saturated carbocycles. The molecule has 104 valence electrons. The summed E-state index contributed by atoms with van der Waals surface area (Å²) >= 11 is 1.38. The number of amides is 1. The van der Waals surface area contributed by atoms with E-state index in [0.29, 0.717) is 24.8 Å². The highest BCUT2D eigenvalue weighted by atomic mass is 32.1. The number of anilines is 2. The average Bonchev–Trinajstić information content (AvgIpc) is 2.88. The van der Waals surface area contributed by atoms with Crippen molar-refractivity contribution in [1.82, 2.24) is 4.98 Å². The Hall–Kier alpha value is -1.47. The molecule has 2 heterocycles. The van der Waals surface area contributed by atoms with E-state index in [9.17, 15) is 9.59 Å². The number of ketones is 1. The molecule has 1 fully saturated rings. The molecule has 1 N–H and O–H groups in total. The standard InChI is InChI=1S/C12H17N3O3S/c1-2-3-9(16)11(17)14-12-13-8-10(19-12)15-4-6-18-7-5-15/h8H,2-7H2,1H3,(H,13,14,17). The molecular formula is C12H17N3O3S. The van der Waals surface area contributed by atoms with Gasteiger partial charge in [-0.3, -0.25) is 14.9 Å². The van der Waals surface area contributed by atoms with E-state index in [2.05, 4.69) is 15.2 Å². The van der Waals surface area contributed by atoms with E-state index in [4.69, 9.17) is 4.74 Å². The number of hydrogen-bond donors (Lipinski definition) is 1. The lowest BCUT2D eigenvalue weighted by molar-refractivity contribution is -0.134. The molecule has 1 aliphatic rings. The lowest BCUT2D eigenvalue weighted by Crippen LogP contribution is -2.35. The van der Waals surface area contributed by atoms with E-state index in [0.717, 1.165) is 18.1 Å². The first-order valence-electron chi connectivity index (χ1n) is 6.33. The largest absolute Gasteiger partial charge is 0.378 e. The number of carbonyl (C=O) groups excluding carboxylic acids is 2. The van der Waals surface area contributed by atoms with Crippen LogP contribution in [0.1, 0.15) is 19.8 Å². The molecular weight excluding hydrogens is 266 g/mol. The molecule has 1 saturated heterocycles. The van der Waals surface area contributed by atoms with Gasteiger partial charge in [-0.15, -0.1) is 0 Å². The first-order chi connectivity index (χ1) is 9.20. The summed E-state index contributed by atoms with van der Waals surface area (Å²) in [4.78, 5) is 29.2. The third-order valence-electron chi connectivity index (χ3n) is 2.77. The van der Waals surface area contributed by atoms with Crippen LogP contribution in [0.2, 0.25) is 0 Å². The first-order valence-corrected chi connectivity index (χ1v) is 7.15. The zero-order chi connectivity index (χ0) is 13.7.